The molecule has 0 fully saturated rings. The van der Waals surface area contributed by atoms with Crippen LogP contribution in [-0.4, -0.2) is 23.5 Å². The molecule has 0 saturated heterocycles. The standard InChI is InChI=1S/C15H21NO3/c1-2-3-7-12-19-15(17)14(16-18)11-10-13-8-5-4-6-9-13/h4-6,8-9,18H,2-3,7,10-12H2,1H3. The summed E-state index contributed by atoms with van der Waals surface area (Å²) in [5, 5.41) is 11.9. The van der Waals surface area contributed by atoms with E-state index in [0.717, 1.165) is 24.8 Å². The zero-order chi connectivity index (χ0) is 13.9. The number of hydrogen-bond acceptors (Lipinski definition) is 4. The first-order chi connectivity index (χ1) is 9.27. The molecule has 0 aliphatic rings. The van der Waals surface area contributed by atoms with Crippen molar-refractivity contribution in [2.24, 2.45) is 5.16 Å². The van der Waals surface area contributed by atoms with Crippen molar-refractivity contribution in [3.8, 4) is 0 Å². The van der Waals surface area contributed by atoms with E-state index in [-0.39, 0.29) is 5.71 Å². The SMILES string of the molecule is CCCCCOC(=O)C(CCc1ccccc1)=NO. The predicted octanol–water partition coefficient (Wildman–Crippen LogP) is 3.18. The second-order valence-corrected chi connectivity index (χ2v) is 4.38. The van der Waals surface area contributed by atoms with Crippen LogP contribution in [0.5, 0.6) is 0 Å². The van der Waals surface area contributed by atoms with Gasteiger partial charge in [-0.15, -0.1) is 0 Å². The number of aryl methyl sites for hydroxylation is 1. The number of unbranched alkanes of at least 4 members (excludes halogenated alkanes) is 2. The first-order valence-electron chi connectivity index (χ1n) is 6.70. The number of esters is 1. The second-order valence-electron chi connectivity index (χ2n) is 4.38. The summed E-state index contributed by atoms with van der Waals surface area (Å²) in [4.78, 5) is 11.6. The molecule has 1 aromatic rings. The summed E-state index contributed by atoms with van der Waals surface area (Å²) in [6, 6.07) is 9.76. The minimum atomic E-state index is -0.519. The molecule has 0 saturated carbocycles. The molecule has 0 unspecified atom stereocenters. The molecule has 0 aromatic heterocycles. The van der Waals surface area contributed by atoms with Crippen LogP contribution in [0.4, 0.5) is 0 Å². The Bertz CT molecular complexity index is 401. The average Bonchev–Trinajstić information content (AvgIpc) is 2.45. The number of carbonyl (C=O) groups excluding carboxylic acids is 1. The third-order valence-electron chi connectivity index (χ3n) is 2.83. The van der Waals surface area contributed by atoms with Crippen molar-refractivity contribution in [2.45, 2.75) is 39.0 Å². The van der Waals surface area contributed by atoms with E-state index in [4.69, 9.17) is 9.94 Å². The van der Waals surface area contributed by atoms with E-state index >= 15 is 0 Å². The van der Waals surface area contributed by atoms with E-state index < -0.39 is 5.97 Å². The molecule has 4 heteroatoms. The molecular formula is C15H21NO3. The fourth-order valence-electron chi connectivity index (χ4n) is 1.70. The average molecular weight is 263 g/mol. The molecule has 1 aromatic carbocycles. The van der Waals surface area contributed by atoms with Crippen LogP contribution in [0.3, 0.4) is 0 Å². The Balaban J connectivity index is 2.35. The van der Waals surface area contributed by atoms with Crippen molar-refractivity contribution in [2.75, 3.05) is 6.61 Å². The van der Waals surface area contributed by atoms with Crippen molar-refractivity contribution < 1.29 is 14.7 Å². The first-order valence-corrected chi connectivity index (χ1v) is 6.70. The molecule has 0 amide bonds. The van der Waals surface area contributed by atoms with Crippen LogP contribution in [0.15, 0.2) is 35.5 Å². The molecule has 0 spiro atoms. The molecule has 0 aliphatic carbocycles. The largest absolute Gasteiger partial charge is 0.461 e. The van der Waals surface area contributed by atoms with E-state index in [0.29, 0.717) is 19.4 Å². The number of rotatable bonds is 8. The van der Waals surface area contributed by atoms with Gasteiger partial charge in [-0.3, -0.25) is 0 Å². The van der Waals surface area contributed by atoms with Crippen LogP contribution in [0.25, 0.3) is 0 Å². The highest BCUT2D eigenvalue weighted by molar-refractivity contribution is 6.36. The zero-order valence-electron chi connectivity index (χ0n) is 11.3. The third-order valence-corrected chi connectivity index (χ3v) is 2.83. The van der Waals surface area contributed by atoms with Gasteiger partial charge in [0, 0.05) is 6.42 Å². The lowest BCUT2D eigenvalue weighted by molar-refractivity contribution is -0.136. The van der Waals surface area contributed by atoms with Gasteiger partial charge in [-0.05, 0) is 18.4 Å². The minimum absolute atomic E-state index is 0.0837. The number of carbonyl (C=O) groups is 1. The van der Waals surface area contributed by atoms with E-state index in [1.807, 2.05) is 30.3 Å². The van der Waals surface area contributed by atoms with Crippen LogP contribution in [0.1, 0.15) is 38.2 Å². The van der Waals surface area contributed by atoms with Gasteiger partial charge in [-0.2, -0.15) is 0 Å². The van der Waals surface area contributed by atoms with Gasteiger partial charge in [0.2, 0.25) is 0 Å². The number of oxime groups is 1. The van der Waals surface area contributed by atoms with Gasteiger partial charge in [-0.1, -0.05) is 55.3 Å². The Hall–Kier alpha value is -1.84. The van der Waals surface area contributed by atoms with Crippen molar-refractivity contribution in [1.82, 2.24) is 0 Å². The van der Waals surface area contributed by atoms with Gasteiger partial charge in [0.05, 0.1) is 6.61 Å². The van der Waals surface area contributed by atoms with Crippen LogP contribution in [0, 0.1) is 0 Å². The van der Waals surface area contributed by atoms with Crippen molar-refractivity contribution >= 4 is 11.7 Å². The van der Waals surface area contributed by atoms with Gasteiger partial charge < -0.3 is 9.94 Å². The van der Waals surface area contributed by atoms with E-state index in [9.17, 15) is 4.79 Å². The summed E-state index contributed by atoms with van der Waals surface area (Å²) >= 11 is 0. The van der Waals surface area contributed by atoms with Crippen molar-refractivity contribution in [3.05, 3.63) is 35.9 Å². The molecule has 0 aliphatic heterocycles. The van der Waals surface area contributed by atoms with Crippen LogP contribution in [0.2, 0.25) is 0 Å². The van der Waals surface area contributed by atoms with Gasteiger partial charge in [0.1, 0.15) is 0 Å². The number of ether oxygens (including phenoxy) is 1. The van der Waals surface area contributed by atoms with Gasteiger partial charge >= 0.3 is 5.97 Å². The van der Waals surface area contributed by atoms with E-state index in [1.165, 1.54) is 0 Å². The molecule has 4 nitrogen and oxygen atoms in total. The molecule has 0 atom stereocenters. The highest BCUT2D eigenvalue weighted by Crippen LogP contribution is 2.05. The lowest BCUT2D eigenvalue weighted by atomic mass is 10.1. The van der Waals surface area contributed by atoms with Gasteiger partial charge in [-0.25, -0.2) is 4.79 Å². The molecule has 104 valence electrons. The summed E-state index contributed by atoms with van der Waals surface area (Å²) in [5.41, 5.74) is 1.18. The third kappa shape index (κ3) is 6.04. The van der Waals surface area contributed by atoms with Crippen LogP contribution in [-0.2, 0) is 16.0 Å². The maximum absolute atomic E-state index is 11.6. The summed E-state index contributed by atoms with van der Waals surface area (Å²) in [6.07, 6.45) is 3.99. The fraction of sp³-hybridized carbons (Fsp3) is 0.467. The lowest BCUT2D eigenvalue weighted by Crippen LogP contribution is -2.19. The molecular weight excluding hydrogens is 242 g/mol. The topological polar surface area (TPSA) is 58.9 Å². The summed E-state index contributed by atoms with van der Waals surface area (Å²) < 4.78 is 5.06. The minimum Gasteiger partial charge on any atom is -0.461 e. The predicted molar refractivity (Wildman–Crippen MR) is 74.5 cm³/mol. The zero-order valence-corrected chi connectivity index (χ0v) is 11.3. The van der Waals surface area contributed by atoms with Gasteiger partial charge in [0.25, 0.3) is 0 Å². The first kappa shape index (κ1) is 15.2. The fourth-order valence-corrected chi connectivity index (χ4v) is 1.70. The molecule has 0 radical (unpaired) electrons. The van der Waals surface area contributed by atoms with E-state index in [1.54, 1.807) is 0 Å². The smallest absolute Gasteiger partial charge is 0.356 e. The highest BCUT2D eigenvalue weighted by atomic mass is 16.5. The number of benzene rings is 1. The van der Waals surface area contributed by atoms with Crippen molar-refractivity contribution in [1.29, 1.82) is 0 Å². The Morgan fingerprint density at radius 1 is 1.26 bits per heavy atom. The summed E-state index contributed by atoms with van der Waals surface area (Å²) in [5.74, 6) is -0.519. The maximum Gasteiger partial charge on any atom is 0.356 e. The number of hydrogen-bond donors (Lipinski definition) is 1. The van der Waals surface area contributed by atoms with Gasteiger partial charge in [0.15, 0.2) is 5.71 Å². The Morgan fingerprint density at radius 3 is 2.63 bits per heavy atom. The van der Waals surface area contributed by atoms with Crippen LogP contribution >= 0.6 is 0 Å². The summed E-state index contributed by atoms with van der Waals surface area (Å²) in [7, 11) is 0. The normalized spacial score (nSPS) is 11.3. The Labute approximate surface area is 114 Å². The Kier molecular flexibility index (Phi) is 7.32. The lowest BCUT2D eigenvalue weighted by Gasteiger charge is -2.06. The summed E-state index contributed by atoms with van der Waals surface area (Å²) in [6.45, 7) is 2.47. The highest BCUT2D eigenvalue weighted by Gasteiger charge is 2.13. The number of nitrogens with zero attached hydrogens (tertiary/aromatic N) is 1. The maximum atomic E-state index is 11.6. The Morgan fingerprint density at radius 2 is 2.00 bits per heavy atom. The molecule has 0 bridgehead atoms. The second kappa shape index (κ2) is 9.14. The van der Waals surface area contributed by atoms with Crippen LogP contribution < -0.4 is 0 Å². The molecule has 1 N–H and O–H groups in total. The van der Waals surface area contributed by atoms with Crippen molar-refractivity contribution in [3.63, 3.8) is 0 Å². The quantitative estimate of drug-likeness (QED) is 0.258. The molecule has 1 rings (SSSR count). The van der Waals surface area contributed by atoms with E-state index in [2.05, 4.69) is 12.1 Å². The molecule has 19 heavy (non-hydrogen) atoms. The monoisotopic (exact) mass is 263 g/mol. The molecule has 0 heterocycles.